The summed E-state index contributed by atoms with van der Waals surface area (Å²) in [7, 11) is 0. The molecule has 1 saturated carbocycles. The van der Waals surface area contributed by atoms with E-state index in [4.69, 9.17) is 11.5 Å². The van der Waals surface area contributed by atoms with Gasteiger partial charge in [-0.05, 0) is 37.5 Å². The summed E-state index contributed by atoms with van der Waals surface area (Å²) in [6.07, 6.45) is 5.74. The van der Waals surface area contributed by atoms with Crippen molar-refractivity contribution in [3.05, 3.63) is 0 Å². The third-order valence-electron chi connectivity index (χ3n) is 4.06. The molecule has 1 spiro atoms. The first kappa shape index (κ1) is 10.9. The molecule has 0 atom stereocenters. The zero-order chi connectivity index (χ0) is 10.9. The minimum absolute atomic E-state index is 0.0988. The van der Waals surface area contributed by atoms with E-state index in [0.29, 0.717) is 11.5 Å². The highest BCUT2D eigenvalue weighted by Gasteiger charge is 2.41. The van der Waals surface area contributed by atoms with E-state index < -0.39 is 0 Å². The molecule has 0 aromatic rings. The number of amides is 1. The van der Waals surface area contributed by atoms with Gasteiger partial charge in [0.2, 0.25) is 5.91 Å². The van der Waals surface area contributed by atoms with Gasteiger partial charge in [-0.25, -0.2) is 0 Å². The first-order valence-electron chi connectivity index (χ1n) is 5.89. The molecule has 86 valence electrons. The van der Waals surface area contributed by atoms with Crippen LogP contribution in [-0.4, -0.2) is 36.5 Å². The van der Waals surface area contributed by atoms with Crippen molar-refractivity contribution in [2.24, 2.45) is 16.9 Å². The Morgan fingerprint density at radius 1 is 1.33 bits per heavy atom. The number of hydrogen-bond donors (Lipinski definition) is 2. The molecule has 0 unspecified atom stereocenters. The van der Waals surface area contributed by atoms with E-state index >= 15 is 0 Å². The van der Waals surface area contributed by atoms with E-state index in [1.165, 1.54) is 12.8 Å². The van der Waals surface area contributed by atoms with Crippen LogP contribution in [0, 0.1) is 5.41 Å². The normalized spacial score (nSPS) is 36.1. The molecule has 4 heteroatoms. The molecule has 0 radical (unpaired) electrons. The molecule has 4 nitrogen and oxygen atoms in total. The maximum absolute atomic E-state index is 11.5. The fraction of sp³-hybridized carbons (Fsp3) is 0.909. The van der Waals surface area contributed by atoms with Gasteiger partial charge in [-0.15, -0.1) is 0 Å². The third-order valence-corrected chi connectivity index (χ3v) is 4.06. The third kappa shape index (κ3) is 2.16. The van der Waals surface area contributed by atoms with E-state index in [2.05, 4.69) is 0 Å². The lowest BCUT2D eigenvalue weighted by Crippen LogP contribution is -2.39. The number of carbonyl (C=O) groups excluding carboxylic acids is 1. The summed E-state index contributed by atoms with van der Waals surface area (Å²) in [5, 5.41) is 0. The Morgan fingerprint density at radius 2 is 2.00 bits per heavy atom. The zero-order valence-electron chi connectivity index (χ0n) is 9.24. The van der Waals surface area contributed by atoms with Crippen LogP contribution in [0.3, 0.4) is 0 Å². The van der Waals surface area contributed by atoms with Gasteiger partial charge in [0.05, 0.1) is 6.54 Å². The van der Waals surface area contributed by atoms with Gasteiger partial charge in [-0.1, -0.05) is 0 Å². The van der Waals surface area contributed by atoms with Gasteiger partial charge in [-0.2, -0.15) is 0 Å². The van der Waals surface area contributed by atoms with Crippen LogP contribution in [0.15, 0.2) is 0 Å². The lowest BCUT2D eigenvalue weighted by Gasteiger charge is -2.35. The molecule has 0 bridgehead atoms. The number of hydrogen-bond acceptors (Lipinski definition) is 3. The van der Waals surface area contributed by atoms with Crippen LogP contribution in [0.4, 0.5) is 0 Å². The largest absolute Gasteiger partial charge is 0.341 e. The molecule has 0 aromatic heterocycles. The molecule has 15 heavy (non-hydrogen) atoms. The second-order valence-corrected chi connectivity index (χ2v) is 5.11. The fourth-order valence-electron chi connectivity index (χ4n) is 2.94. The van der Waals surface area contributed by atoms with Gasteiger partial charge in [-0.3, -0.25) is 4.79 Å². The van der Waals surface area contributed by atoms with Crippen molar-refractivity contribution in [2.45, 2.75) is 38.1 Å². The smallest absolute Gasteiger partial charge is 0.236 e. The predicted octanol–water partition coefficient (Wildman–Crippen LogP) is 0.0651. The highest BCUT2D eigenvalue weighted by molar-refractivity contribution is 5.78. The van der Waals surface area contributed by atoms with Gasteiger partial charge < -0.3 is 16.4 Å². The van der Waals surface area contributed by atoms with Gasteiger partial charge in [0.1, 0.15) is 0 Å². The molecule has 1 aliphatic heterocycles. The first-order chi connectivity index (χ1) is 7.15. The predicted molar refractivity (Wildman–Crippen MR) is 59.1 cm³/mol. The Labute approximate surface area is 91.0 Å². The topological polar surface area (TPSA) is 72.4 Å². The van der Waals surface area contributed by atoms with Gasteiger partial charge in [0.15, 0.2) is 0 Å². The standard InChI is InChI=1S/C11H21N3O/c12-7-10(15)14-6-5-11(8-14)3-1-9(13)2-4-11/h9H,1-8,12-13H2. The Hall–Kier alpha value is -0.610. The van der Waals surface area contributed by atoms with Gasteiger partial charge in [0.25, 0.3) is 0 Å². The Morgan fingerprint density at radius 3 is 2.60 bits per heavy atom. The maximum atomic E-state index is 11.5. The van der Waals surface area contributed by atoms with Crippen molar-refractivity contribution in [1.29, 1.82) is 0 Å². The minimum Gasteiger partial charge on any atom is -0.341 e. The van der Waals surface area contributed by atoms with Crippen LogP contribution in [0.5, 0.6) is 0 Å². The fourth-order valence-corrected chi connectivity index (χ4v) is 2.94. The number of carbonyl (C=O) groups is 1. The van der Waals surface area contributed by atoms with Crippen molar-refractivity contribution < 1.29 is 4.79 Å². The van der Waals surface area contributed by atoms with Crippen LogP contribution < -0.4 is 11.5 Å². The van der Waals surface area contributed by atoms with E-state index in [1.54, 1.807) is 0 Å². The number of nitrogens with two attached hydrogens (primary N) is 2. The summed E-state index contributed by atoms with van der Waals surface area (Å²) in [4.78, 5) is 13.4. The van der Waals surface area contributed by atoms with Crippen molar-refractivity contribution in [2.75, 3.05) is 19.6 Å². The second kappa shape index (κ2) is 4.10. The van der Waals surface area contributed by atoms with E-state index in [9.17, 15) is 4.79 Å². The van der Waals surface area contributed by atoms with Crippen molar-refractivity contribution in [3.8, 4) is 0 Å². The number of nitrogens with zero attached hydrogens (tertiary/aromatic N) is 1. The molecule has 2 rings (SSSR count). The van der Waals surface area contributed by atoms with Crippen LogP contribution in [0.1, 0.15) is 32.1 Å². The summed E-state index contributed by atoms with van der Waals surface area (Å²) in [6, 6.07) is 0.384. The van der Waals surface area contributed by atoms with Crippen molar-refractivity contribution in [1.82, 2.24) is 4.90 Å². The molecule has 1 heterocycles. The van der Waals surface area contributed by atoms with Gasteiger partial charge in [0, 0.05) is 19.1 Å². The average Bonchev–Trinajstić information content (AvgIpc) is 2.66. The molecular weight excluding hydrogens is 190 g/mol. The van der Waals surface area contributed by atoms with Crippen molar-refractivity contribution >= 4 is 5.91 Å². The molecule has 2 aliphatic rings. The molecule has 1 amide bonds. The number of rotatable bonds is 1. The Balaban J connectivity index is 1.93. The van der Waals surface area contributed by atoms with Crippen LogP contribution in [0.25, 0.3) is 0 Å². The SMILES string of the molecule is NCC(=O)N1CCC2(CCC(N)CC2)C1. The molecule has 1 aliphatic carbocycles. The molecule has 2 fully saturated rings. The maximum Gasteiger partial charge on any atom is 0.236 e. The van der Waals surface area contributed by atoms with Crippen LogP contribution in [-0.2, 0) is 4.79 Å². The van der Waals surface area contributed by atoms with E-state index in [1.807, 2.05) is 4.90 Å². The lowest BCUT2D eigenvalue weighted by molar-refractivity contribution is -0.129. The summed E-state index contributed by atoms with van der Waals surface area (Å²) in [5.74, 6) is 0.0988. The average molecular weight is 211 g/mol. The highest BCUT2D eigenvalue weighted by atomic mass is 16.2. The van der Waals surface area contributed by atoms with E-state index in [0.717, 1.165) is 32.4 Å². The summed E-state index contributed by atoms with van der Waals surface area (Å²) in [6.45, 7) is 1.95. The summed E-state index contributed by atoms with van der Waals surface area (Å²) < 4.78 is 0. The quantitative estimate of drug-likeness (QED) is 0.644. The molecule has 4 N–H and O–H groups in total. The molecule has 0 aromatic carbocycles. The number of likely N-dealkylation sites (tertiary alicyclic amines) is 1. The monoisotopic (exact) mass is 211 g/mol. The zero-order valence-corrected chi connectivity index (χ0v) is 9.24. The van der Waals surface area contributed by atoms with Crippen molar-refractivity contribution in [3.63, 3.8) is 0 Å². The lowest BCUT2D eigenvalue weighted by atomic mass is 9.72. The van der Waals surface area contributed by atoms with E-state index in [-0.39, 0.29) is 12.5 Å². The van der Waals surface area contributed by atoms with Gasteiger partial charge >= 0.3 is 0 Å². The summed E-state index contributed by atoms with van der Waals surface area (Å²) >= 11 is 0. The van der Waals surface area contributed by atoms with Crippen LogP contribution >= 0.6 is 0 Å². The Bertz CT molecular complexity index is 246. The summed E-state index contributed by atoms with van der Waals surface area (Å²) in [5.41, 5.74) is 11.7. The Kier molecular flexibility index (Phi) is 2.98. The highest BCUT2D eigenvalue weighted by Crippen LogP contribution is 2.43. The van der Waals surface area contributed by atoms with Crippen LogP contribution in [0.2, 0.25) is 0 Å². The second-order valence-electron chi connectivity index (χ2n) is 5.11. The first-order valence-corrected chi connectivity index (χ1v) is 5.89. The molecular formula is C11H21N3O. The minimum atomic E-state index is 0.0988. The molecule has 1 saturated heterocycles.